The lowest BCUT2D eigenvalue weighted by atomic mass is 9.96. The summed E-state index contributed by atoms with van der Waals surface area (Å²) in [6.07, 6.45) is 3.71. The van der Waals surface area contributed by atoms with Gasteiger partial charge in [0.15, 0.2) is 0 Å². The van der Waals surface area contributed by atoms with Crippen molar-refractivity contribution in [3.05, 3.63) is 106 Å². The maximum atomic E-state index is 15.1. The molecule has 0 saturated heterocycles. The molecule has 0 aliphatic heterocycles. The molecule has 0 spiro atoms. The molecule has 0 bridgehead atoms. The van der Waals surface area contributed by atoms with Crippen molar-refractivity contribution < 1.29 is 4.39 Å². The summed E-state index contributed by atoms with van der Waals surface area (Å²) in [6, 6.07) is 26.4. The molecule has 146 valence electrons. The molecule has 4 rings (SSSR count). The zero-order chi connectivity index (χ0) is 20.2. The predicted octanol–water partition coefficient (Wildman–Crippen LogP) is 8.04. The Morgan fingerprint density at radius 3 is 2.07 bits per heavy atom. The maximum Gasteiger partial charge on any atom is 0.134 e. The molecule has 0 fully saturated rings. The van der Waals surface area contributed by atoms with Crippen LogP contribution in [0.5, 0.6) is 0 Å². The van der Waals surface area contributed by atoms with E-state index in [0.717, 1.165) is 46.4 Å². The van der Waals surface area contributed by atoms with Gasteiger partial charge in [0.1, 0.15) is 5.82 Å². The summed E-state index contributed by atoms with van der Waals surface area (Å²) in [5.41, 5.74) is 5.56. The van der Waals surface area contributed by atoms with Gasteiger partial charge in [-0.05, 0) is 70.7 Å². The fourth-order valence-electron chi connectivity index (χ4n) is 3.79. The summed E-state index contributed by atoms with van der Waals surface area (Å²) in [6.45, 7) is 2.19. The predicted molar refractivity (Wildman–Crippen MR) is 122 cm³/mol. The van der Waals surface area contributed by atoms with E-state index in [1.54, 1.807) is 0 Å². The molecule has 0 atom stereocenters. The van der Waals surface area contributed by atoms with Crippen LogP contribution < -0.4 is 0 Å². The molecular formula is C27H24ClF. The lowest BCUT2D eigenvalue weighted by Crippen LogP contribution is -1.96. The first-order valence-corrected chi connectivity index (χ1v) is 10.6. The number of benzene rings is 4. The maximum absolute atomic E-state index is 15.1. The van der Waals surface area contributed by atoms with E-state index >= 15 is 4.39 Å². The Kier molecular flexibility index (Phi) is 5.97. The van der Waals surface area contributed by atoms with Crippen molar-refractivity contribution in [2.75, 3.05) is 0 Å². The van der Waals surface area contributed by atoms with Crippen LogP contribution in [0.2, 0.25) is 5.02 Å². The Balaban J connectivity index is 1.57. The van der Waals surface area contributed by atoms with Gasteiger partial charge in [-0.25, -0.2) is 4.39 Å². The van der Waals surface area contributed by atoms with Crippen molar-refractivity contribution in [1.82, 2.24) is 0 Å². The minimum absolute atomic E-state index is 0.110. The van der Waals surface area contributed by atoms with E-state index in [-0.39, 0.29) is 5.82 Å². The quantitative estimate of drug-likeness (QED) is 0.306. The Bertz CT molecular complexity index is 1110. The summed E-state index contributed by atoms with van der Waals surface area (Å²) < 4.78 is 15.1. The summed E-state index contributed by atoms with van der Waals surface area (Å²) in [5.74, 6) is -0.110. The molecule has 4 aromatic rings. The van der Waals surface area contributed by atoms with Crippen LogP contribution in [0.4, 0.5) is 4.39 Å². The third-order valence-corrected chi connectivity index (χ3v) is 5.71. The SMILES string of the molecule is CCCc1ccc(-c2ccc3c(F)c(CCc4ccc(Cl)cc4)ccc3c2)cc1. The minimum Gasteiger partial charge on any atom is -0.206 e. The van der Waals surface area contributed by atoms with Crippen LogP contribution in [-0.2, 0) is 19.3 Å². The van der Waals surface area contributed by atoms with Gasteiger partial charge in [0.2, 0.25) is 0 Å². The van der Waals surface area contributed by atoms with Crippen LogP contribution in [0.1, 0.15) is 30.0 Å². The topological polar surface area (TPSA) is 0 Å². The van der Waals surface area contributed by atoms with E-state index in [0.29, 0.717) is 11.8 Å². The van der Waals surface area contributed by atoms with Crippen LogP contribution in [0.25, 0.3) is 21.9 Å². The third kappa shape index (κ3) is 4.52. The lowest BCUT2D eigenvalue weighted by Gasteiger charge is -2.10. The number of fused-ring (bicyclic) bond motifs is 1. The second-order valence-electron chi connectivity index (χ2n) is 7.55. The van der Waals surface area contributed by atoms with E-state index in [4.69, 9.17) is 11.6 Å². The zero-order valence-electron chi connectivity index (χ0n) is 16.6. The molecule has 0 radical (unpaired) electrons. The van der Waals surface area contributed by atoms with Gasteiger partial charge in [0.25, 0.3) is 0 Å². The zero-order valence-corrected chi connectivity index (χ0v) is 17.3. The van der Waals surface area contributed by atoms with E-state index < -0.39 is 0 Å². The minimum atomic E-state index is -0.110. The van der Waals surface area contributed by atoms with Gasteiger partial charge in [-0.1, -0.05) is 85.6 Å². The van der Waals surface area contributed by atoms with Crippen LogP contribution in [-0.4, -0.2) is 0 Å². The molecule has 0 unspecified atom stereocenters. The smallest absolute Gasteiger partial charge is 0.134 e. The van der Waals surface area contributed by atoms with Crippen molar-refractivity contribution >= 4 is 22.4 Å². The van der Waals surface area contributed by atoms with Crippen LogP contribution in [0.15, 0.2) is 78.9 Å². The molecule has 4 aromatic carbocycles. The summed E-state index contributed by atoms with van der Waals surface area (Å²) in [5, 5.41) is 2.35. The highest BCUT2D eigenvalue weighted by Gasteiger charge is 2.09. The molecule has 0 amide bonds. The van der Waals surface area contributed by atoms with Gasteiger partial charge >= 0.3 is 0 Å². The van der Waals surface area contributed by atoms with Gasteiger partial charge in [-0.15, -0.1) is 0 Å². The molecule has 0 N–H and O–H groups in total. The van der Waals surface area contributed by atoms with E-state index in [2.05, 4.69) is 37.3 Å². The first kappa shape index (κ1) is 19.7. The van der Waals surface area contributed by atoms with Crippen molar-refractivity contribution in [2.45, 2.75) is 32.6 Å². The normalized spacial score (nSPS) is 11.1. The monoisotopic (exact) mass is 402 g/mol. The fourth-order valence-corrected chi connectivity index (χ4v) is 3.92. The second-order valence-corrected chi connectivity index (χ2v) is 7.98. The average Bonchev–Trinajstić information content (AvgIpc) is 2.75. The summed E-state index contributed by atoms with van der Waals surface area (Å²) >= 11 is 5.94. The molecular weight excluding hydrogens is 379 g/mol. The van der Waals surface area contributed by atoms with Crippen molar-refractivity contribution in [3.8, 4) is 11.1 Å². The number of rotatable bonds is 6. The largest absolute Gasteiger partial charge is 0.206 e. The number of halogens is 2. The molecule has 0 nitrogen and oxygen atoms in total. The van der Waals surface area contributed by atoms with Crippen molar-refractivity contribution in [3.63, 3.8) is 0 Å². The van der Waals surface area contributed by atoms with Gasteiger partial charge < -0.3 is 0 Å². The van der Waals surface area contributed by atoms with Crippen LogP contribution >= 0.6 is 11.6 Å². The first-order chi connectivity index (χ1) is 14.1. The van der Waals surface area contributed by atoms with Gasteiger partial charge in [0, 0.05) is 10.4 Å². The molecule has 0 saturated carbocycles. The van der Waals surface area contributed by atoms with Gasteiger partial charge in [0.05, 0.1) is 0 Å². The third-order valence-electron chi connectivity index (χ3n) is 5.46. The van der Waals surface area contributed by atoms with Crippen molar-refractivity contribution in [2.24, 2.45) is 0 Å². The fraction of sp³-hybridized carbons (Fsp3) is 0.185. The second kappa shape index (κ2) is 8.80. The average molecular weight is 403 g/mol. The van der Waals surface area contributed by atoms with Crippen LogP contribution in [0, 0.1) is 5.82 Å². The molecule has 0 heterocycles. The lowest BCUT2D eigenvalue weighted by molar-refractivity contribution is 0.620. The molecule has 2 heteroatoms. The summed E-state index contributed by atoms with van der Waals surface area (Å²) in [7, 11) is 0. The highest BCUT2D eigenvalue weighted by atomic mass is 35.5. The molecule has 0 aromatic heterocycles. The number of aryl methyl sites for hydroxylation is 3. The van der Waals surface area contributed by atoms with Gasteiger partial charge in [-0.3, -0.25) is 0 Å². The number of hydrogen-bond acceptors (Lipinski definition) is 0. The first-order valence-electron chi connectivity index (χ1n) is 10.2. The Morgan fingerprint density at radius 1 is 0.690 bits per heavy atom. The Labute approximate surface area is 177 Å². The highest BCUT2D eigenvalue weighted by molar-refractivity contribution is 6.30. The Hall–Kier alpha value is -2.64. The molecule has 0 aliphatic rings. The Morgan fingerprint density at radius 2 is 1.34 bits per heavy atom. The molecule has 29 heavy (non-hydrogen) atoms. The number of hydrogen-bond donors (Lipinski definition) is 0. The van der Waals surface area contributed by atoms with E-state index in [1.807, 2.05) is 48.5 Å². The van der Waals surface area contributed by atoms with Gasteiger partial charge in [-0.2, -0.15) is 0 Å². The standard InChI is InChI=1S/C27H24ClF/c1-2-3-19-4-9-21(10-5-19)23-14-17-26-24(18-23)13-12-22(27(26)29)11-6-20-7-15-25(28)16-8-20/h4-5,7-10,12-18H,2-3,6,11H2,1H3. The summed E-state index contributed by atoms with van der Waals surface area (Å²) in [4.78, 5) is 0. The highest BCUT2D eigenvalue weighted by Crippen LogP contribution is 2.28. The molecule has 0 aliphatic carbocycles. The van der Waals surface area contributed by atoms with Crippen molar-refractivity contribution in [1.29, 1.82) is 0 Å². The van der Waals surface area contributed by atoms with E-state index in [1.165, 1.54) is 11.1 Å². The van der Waals surface area contributed by atoms with Crippen LogP contribution in [0.3, 0.4) is 0 Å². The van der Waals surface area contributed by atoms with E-state index in [9.17, 15) is 0 Å².